The third-order valence-corrected chi connectivity index (χ3v) is 4.32. The molecule has 1 aromatic heterocycles. The molecule has 0 bridgehead atoms. The van der Waals surface area contributed by atoms with E-state index in [1.165, 1.54) is 10.9 Å². The summed E-state index contributed by atoms with van der Waals surface area (Å²) in [5.41, 5.74) is 0.895. The van der Waals surface area contributed by atoms with Crippen molar-refractivity contribution in [3.8, 4) is 17.2 Å². The molecule has 0 unspecified atom stereocenters. The summed E-state index contributed by atoms with van der Waals surface area (Å²) < 4.78 is 12.4. The summed E-state index contributed by atoms with van der Waals surface area (Å²) in [5.74, 6) is 1.04. The lowest BCUT2D eigenvalue weighted by atomic mass is 10.2. The van der Waals surface area contributed by atoms with Crippen LogP contribution in [-0.2, 0) is 7.05 Å². The highest BCUT2D eigenvalue weighted by Gasteiger charge is 2.15. The molecule has 0 spiro atoms. The smallest absolute Gasteiger partial charge is 0.294 e. The average Bonchev–Trinajstić information content (AvgIpc) is 2.77. The Hall–Kier alpha value is -3.81. The lowest BCUT2D eigenvalue weighted by Gasteiger charge is -2.15. The minimum absolute atomic E-state index is 0.173. The maximum absolute atomic E-state index is 12.7. The topological polar surface area (TPSA) is 94.5 Å². The highest BCUT2D eigenvalue weighted by Crippen LogP contribution is 2.34. The molecule has 30 heavy (non-hydrogen) atoms. The molecule has 1 heterocycles. The van der Waals surface area contributed by atoms with Crippen LogP contribution in [0.3, 0.4) is 0 Å². The van der Waals surface area contributed by atoms with Crippen molar-refractivity contribution in [1.29, 1.82) is 0 Å². The van der Waals surface area contributed by atoms with Gasteiger partial charge in [-0.25, -0.2) is 4.68 Å². The molecule has 3 aromatic rings. The van der Waals surface area contributed by atoms with E-state index in [1.54, 1.807) is 56.6 Å². The van der Waals surface area contributed by atoms with Gasteiger partial charge in [-0.3, -0.25) is 9.59 Å². The maximum atomic E-state index is 12.7. The van der Waals surface area contributed by atoms with Gasteiger partial charge in [0, 0.05) is 24.8 Å². The van der Waals surface area contributed by atoms with Crippen LogP contribution >= 0.6 is 0 Å². The molecule has 0 saturated heterocycles. The predicted octanol–water partition coefficient (Wildman–Crippen LogP) is 3.46. The third-order valence-electron chi connectivity index (χ3n) is 4.32. The molecule has 0 fully saturated rings. The van der Waals surface area contributed by atoms with Gasteiger partial charge in [0.15, 0.2) is 22.9 Å². The van der Waals surface area contributed by atoms with Crippen molar-refractivity contribution < 1.29 is 14.3 Å². The molecule has 8 heteroatoms. The van der Waals surface area contributed by atoms with Crippen LogP contribution in [0, 0.1) is 0 Å². The molecular formula is C22H24N4O4. The summed E-state index contributed by atoms with van der Waals surface area (Å²) in [6.45, 7) is 2.58. The van der Waals surface area contributed by atoms with Crippen molar-refractivity contribution in [3.63, 3.8) is 0 Å². The van der Waals surface area contributed by atoms with E-state index in [4.69, 9.17) is 9.47 Å². The van der Waals surface area contributed by atoms with Crippen molar-refractivity contribution in [1.82, 2.24) is 15.1 Å². The summed E-state index contributed by atoms with van der Waals surface area (Å²) in [7, 11) is 3.09. The van der Waals surface area contributed by atoms with Crippen molar-refractivity contribution >= 4 is 17.3 Å². The van der Waals surface area contributed by atoms with Crippen LogP contribution in [0.25, 0.3) is 0 Å². The van der Waals surface area contributed by atoms with E-state index in [2.05, 4.69) is 15.7 Å². The molecule has 3 rings (SSSR count). The van der Waals surface area contributed by atoms with Gasteiger partial charge < -0.3 is 20.1 Å². The minimum atomic E-state index is -0.372. The number of aromatic nitrogens is 2. The molecule has 0 radical (unpaired) electrons. The number of ether oxygens (including phenoxy) is 2. The van der Waals surface area contributed by atoms with Gasteiger partial charge in [-0.2, -0.15) is 5.10 Å². The van der Waals surface area contributed by atoms with E-state index in [-0.39, 0.29) is 22.9 Å². The van der Waals surface area contributed by atoms with Crippen molar-refractivity contribution in [2.45, 2.75) is 13.3 Å². The number of para-hydroxylation sites is 2. The van der Waals surface area contributed by atoms with Gasteiger partial charge >= 0.3 is 0 Å². The van der Waals surface area contributed by atoms with E-state index in [0.29, 0.717) is 29.3 Å². The van der Waals surface area contributed by atoms with Crippen LogP contribution in [0.4, 0.5) is 11.4 Å². The third kappa shape index (κ3) is 4.78. The minimum Gasteiger partial charge on any atom is -0.493 e. The van der Waals surface area contributed by atoms with E-state index in [1.807, 2.05) is 13.0 Å². The number of carbonyl (C=O) groups excluding carboxylic acids is 1. The fraction of sp³-hybridized carbons (Fsp3) is 0.227. The lowest BCUT2D eigenvalue weighted by Crippen LogP contribution is -2.24. The number of benzene rings is 2. The highest BCUT2D eigenvalue weighted by atomic mass is 16.5. The molecule has 8 nitrogen and oxygen atoms in total. The number of hydrogen-bond donors (Lipinski definition) is 2. The zero-order valence-corrected chi connectivity index (χ0v) is 17.1. The number of carbonyl (C=O) groups is 1. The molecule has 2 aromatic carbocycles. The Bertz CT molecular complexity index is 1090. The normalized spacial score (nSPS) is 10.4. The molecule has 156 valence electrons. The molecule has 0 aliphatic heterocycles. The molecular weight excluding hydrogens is 384 g/mol. The molecule has 0 saturated carbocycles. The van der Waals surface area contributed by atoms with E-state index in [0.717, 1.165) is 6.42 Å². The Kier molecular flexibility index (Phi) is 6.69. The Morgan fingerprint density at radius 2 is 1.87 bits per heavy atom. The Morgan fingerprint density at radius 3 is 2.60 bits per heavy atom. The van der Waals surface area contributed by atoms with E-state index >= 15 is 0 Å². The van der Waals surface area contributed by atoms with Crippen LogP contribution < -0.4 is 25.7 Å². The van der Waals surface area contributed by atoms with Crippen LogP contribution in [0.1, 0.15) is 23.7 Å². The second-order valence-electron chi connectivity index (χ2n) is 6.53. The first kappa shape index (κ1) is 20.9. The van der Waals surface area contributed by atoms with Gasteiger partial charge in [0.25, 0.3) is 11.5 Å². The molecule has 0 aliphatic carbocycles. The zero-order chi connectivity index (χ0) is 21.5. The van der Waals surface area contributed by atoms with Crippen molar-refractivity contribution in [3.05, 3.63) is 70.6 Å². The average molecular weight is 408 g/mol. The van der Waals surface area contributed by atoms with Gasteiger partial charge in [0.2, 0.25) is 0 Å². The molecule has 1 amide bonds. The number of anilines is 2. The van der Waals surface area contributed by atoms with Crippen LogP contribution in [0.2, 0.25) is 0 Å². The number of nitrogens with one attached hydrogen (secondary N) is 2. The van der Waals surface area contributed by atoms with Gasteiger partial charge in [0.05, 0.1) is 13.3 Å². The second kappa shape index (κ2) is 9.60. The van der Waals surface area contributed by atoms with Crippen LogP contribution in [0.5, 0.6) is 17.2 Å². The number of nitrogens with zero attached hydrogens (tertiary/aromatic N) is 2. The second-order valence-corrected chi connectivity index (χ2v) is 6.53. The monoisotopic (exact) mass is 408 g/mol. The number of hydrogen-bond acceptors (Lipinski definition) is 6. The van der Waals surface area contributed by atoms with Crippen LogP contribution in [-0.4, -0.2) is 29.3 Å². The van der Waals surface area contributed by atoms with E-state index < -0.39 is 0 Å². The first-order chi connectivity index (χ1) is 14.5. The SMILES string of the molecule is CCCNC(=O)c1cccc(Nc2c(Oc3ccccc3OC)cnn(C)c2=O)c1. The lowest BCUT2D eigenvalue weighted by molar-refractivity contribution is 0.0953. The highest BCUT2D eigenvalue weighted by molar-refractivity contribution is 5.95. The number of aryl methyl sites for hydroxylation is 1. The molecule has 0 atom stereocenters. The van der Waals surface area contributed by atoms with Crippen molar-refractivity contribution in [2.24, 2.45) is 7.05 Å². The fourth-order valence-electron chi connectivity index (χ4n) is 2.76. The number of methoxy groups -OCH3 is 1. The molecule has 0 aliphatic rings. The Morgan fingerprint density at radius 1 is 1.10 bits per heavy atom. The number of amides is 1. The van der Waals surface area contributed by atoms with Gasteiger partial charge in [0.1, 0.15) is 0 Å². The first-order valence-electron chi connectivity index (χ1n) is 9.56. The fourth-order valence-corrected chi connectivity index (χ4v) is 2.76. The summed E-state index contributed by atoms with van der Waals surface area (Å²) >= 11 is 0. The summed E-state index contributed by atoms with van der Waals surface area (Å²) in [6.07, 6.45) is 2.30. The predicted molar refractivity (Wildman–Crippen MR) is 115 cm³/mol. The summed E-state index contributed by atoms with van der Waals surface area (Å²) in [4.78, 5) is 25.0. The Labute approximate surface area is 174 Å². The largest absolute Gasteiger partial charge is 0.493 e. The van der Waals surface area contributed by atoms with Crippen LogP contribution in [0.15, 0.2) is 59.5 Å². The quantitative estimate of drug-likeness (QED) is 0.593. The zero-order valence-electron chi connectivity index (χ0n) is 17.1. The first-order valence-corrected chi connectivity index (χ1v) is 9.56. The van der Waals surface area contributed by atoms with Crippen molar-refractivity contribution in [2.75, 3.05) is 19.0 Å². The Balaban J connectivity index is 1.94. The van der Waals surface area contributed by atoms with Gasteiger partial charge in [-0.05, 0) is 36.8 Å². The van der Waals surface area contributed by atoms with Gasteiger partial charge in [-0.15, -0.1) is 0 Å². The van der Waals surface area contributed by atoms with E-state index in [9.17, 15) is 9.59 Å². The standard InChI is InChI=1S/C22H24N4O4/c1-4-12-23-21(27)15-8-7-9-16(13-15)25-20-19(14-24-26(2)22(20)28)30-18-11-6-5-10-17(18)29-3/h5-11,13-14,25H,4,12H2,1-3H3,(H,23,27). The number of rotatable bonds is 8. The maximum Gasteiger partial charge on any atom is 0.294 e. The van der Waals surface area contributed by atoms with Gasteiger partial charge in [-0.1, -0.05) is 25.1 Å². The summed E-state index contributed by atoms with van der Waals surface area (Å²) in [5, 5.41) is 9.95. The summed E-state index contributed by atoms with van der Waals surface area (Å²) in [6, 6.07) is 14.0. The molecule has 2 N–H and O–H groups in total.